The van der Waals surface area contributed by atoms with Crippen molar-refractivity contribution in [3.63, 3.8) is 0 Å². The molecule has 21 heavy (non-hydrogen) atoms. The van der Waals surface area contributed by atoms with Gasteiger partial charge in [0.05, 0.1) is 18.8 Å². The number of rotatable bonds is 5. The highest BCUT2D eigenvalue weighted by atomic mass is 16.5. The van der Waals surface area contributed by atoms with Gasteiger partial charge in [-0.2, -0.15) is 0 Å². The second-order valence-corrected chi connectivity index (χ2v) is 6.22. The van der Waals surface area contributed by atoms with E-state index in [-0.39, 0.29) is 23.2 Å². The third-order valence-corrected chi connectivity index (χ3v) is 3.79. The molecule has 5 heteroatoms. The third-order valence-electron chi connectivity index (χ3n) is 3.79. The summed E-state index contributed by atoms with van der Waals surface area (Å²) in [6.07, 6.45) is 1.94. The van der Waals surface area contributed by atoms with E-state index in [0.717, 1.165) is 12.8 Å². The molecular weight excluding hydrogens is 270 g/mol. The number of hydrogen-bond acceptors (Lipinski definition) is 4. The van der Waals surface area contributed by atoms with Gasteiger partial charge < -0.3 is 14.8 Å². The summed E-state index contributed by atoms with van der Waals surface area (Å²) in [5, 5.41) is 2.84. The van der Waals surface area contributed by atoms with Crippen LogP contribution in [0, 0.1) is 11.3 Å². The number of ether oxygens (including phenoxy) is 2. The van der Waals surface area contributed by atoms with E-state index >= 15 is 0 Å². The zero-order chi connectivity index (χ0) is 14.9. The Labute approximate surface area is 123 Å². The summed E-state index contributed by atoms with van der Waals surface area (Å²) in [4.78, 5) is 23.6. The molecule has 1 saturated heterocycles. The quantitative estimate of drug-likeness (QED) is 0.844. The minimum absolute atomic E-state index is 0.0478. The molecule has 2 fully saturated rings. The zero-order valence-electron chi connectivity index (χ0n) is 12.1. The normalized spacial score (nSPS) is 19.5. The van der Waals surface area contributed by atoms with E-state index < -0.39 is 0 Å². The molecule has 1 N–H and O–H groups in total. The van der Waals surface area contributed by atoms with Crippen molar-refractivity contribution in [2.75, 3.05) is 25.1 Å². The van der Waals surface area contributed by atoms with Crippen LogP contribution in [0.15, 0.2) is 24.3 Å². The molecule has 0 radical (unpaired) electrons. The minimum Gasteiger partial charge on any atom is -0.461 e. The van der Waals surface area contributed by atoms with E-state index in [1.165, 1.54) is 0 Å². The average Bonchev–Trinajstić information content (AvgIpc) is 3.28. The smallest absolute Gasteiger partial charge is 0.338 e. The van der Waals surface area contributed by atoms with E-state index in [1.807, 2.05) is 6.92 Å². The third kappa shape index (κ3) is 3.42. The Balaban J connectivity index is 1.52. The average molecular weight is 289 g/mol. The number of benzene rings is 1. The number of hydrogen-bond donors (Lipinski definition) is 1. The van der Waals surface area contributed by atoms with Crippen LogP contribution in [0.1, 0.15) is 30.1 Å². The highest BCUT2D eigenvalue weighted by Crippen LogP contribution is 2.30. The van der Waals surface area contributed by atoms with E-state index in [1.54, 1.807) is 24.3 Å². The highest BCUT2D eigenvalue weighted by Gasteiger charge is 2.35. The maximum atomic E-state index is 11.9. The van der Waals surface area contributed by atoms with Crippen LogP contribution in [0.5, 0.6) is 0 Å². The van der Waals surface area contributed by atoms with Gasteiger partial charge >= 0.3 is 5.97 Å². The van der Waals surface area contributed by atoms with Gasteiger partial charge in [-0.15, -0.1) is 0 Å². The molecule has 1 heterocycles. The summed E-state index contributed by atoms with van der Waals surface area (Å²) < 4.78 is 10.4. The van der Waals surface area contributed by atoms with Crippen LogP contribution in [-0.2, 0) is 14.3 Å². The Bertz CT molecular complexity index is 544. The molecule has 112 valence electrons. The summed E-state index contributed by atoms with van der Waals surface area (Å²) in [6.45, 7) is 3.66. The van der Waals surface area contributed by atoms with Crippen LogP contribution in [0.3, 0.4) is 0 Å². The predicted molar refractivity (Wildman–Crippen MR) is 77.0 cm³/mol. The molecule has 1 aliphatic carbocycles. The van der Waals surface area contributed by atoms with Gasteiger partial charge in [0.15, 0.2) is 0 Å². The fourth-order valence-corrected chi connectivity index (χ4v) is 2.14. The van der Waals surface area contributed by atoms with Crippen LogP contribution in [0.4, 0.5) is 5.69 Å². The number of esters is 1. The van der Waals surface area contributed by atoms with Crippen molar-refractivity contribution in [1.82, 2.24) is 0 Å². The van der Waals surface area contributed by atoms with Gasteiger partial charge in [0, 0.05) is 17.0 Å². The van der Waals surface area contributed by atoms with E-state index in [9.17, 15) is 9.59 Å². The second-order valence-electron chi connectivity index (χ2n) is 6.22. The lowest BCUT2D eigenvalue weighted by atomic mass is 9.90. The van der Waals surface area contributed by atoms with Crippen LogP contribution in [0.2, 0.25) is 0 Å². The van der Waals surface area contributed by atoms with Crippen molar-refractivity contribution in [3.8, 4) is 0 Å². The predicted octanol–water partition coefficient (Wildman–Crippen LogP) is 2.23. The molecule has 3 rings (SSSR count). The van der Waals surface area contributed by atoms with Crippen molar-refractivity contribution in [2.24, 2.45) is 11.3 Å². The minimum atomic E-state index is -0.344. The zero-order valence-corrected chi connectivity index (χ0v) is 12.1. The molecule has 2 aliphatic rings. The van der Waals surface area contributed by atoms with Crippen LogP contribution >= 0.6 is 0 Å². The first-order valence-electron chi connectivity index (χ1n) is 7.22. The fourth-order valence-electron chi connectivity index (χ4n) is 2.14. The Kier molecular flexibility index (Phi) is 3.68. The standard InChI is InChI=1S/C16H19NO4/c1-16(8-20-9-16)10-21-15(19)12-4-6-13(7-5-12)17-14(18)11-2-3-11/h4-7,11H,2-3,8-10H2,1H3,(H,17,18). The molecular formula is C16H19NO4. The van der Waals surface area contributed by atoms with Gasteiger partial charge in [0.25, 0.3) is 0 Å². The molecule has 0 aromatic heterocycles. The van der Waals surface area contributed by atoms with Gasteiger partial charge in [-0.1, -0.05) is 6.92 Å². The molecule has 0 atom stereocenters. The lowest BCUT2D eigenvalue weighted by Gasteiger charge is -2.37. The molecule has 1 saturated carbocycles. The van der Waals surface area contributed by atoms with Gasteiger partial charge in [-0.05, 0) is 37.1 Å². The van der Waals surface area contributed by atoms with Gasteiger partial charge in [0.2, 0.25) is 5.91 Å². The summed E-state index contributed by atoms with van der Waals surface area (Å²) >= 11 is 0. The summed E-state index contributed by atoms with van der Waals surface area (Å²) in [7, 11) is 0. The monoisotopic (exact) mass is 289 g/mol. The Morgan fingerprint density at radius 2 is 1.95 bits per heavy atom. The number of carbonyl (C=O) groups excluding carboxylic acids is 2. The van der Waals surface area contributed by atoms with Crippen molar-refractivity contribution < 1.29 is 19.1 Å². The highest BCUT2D eigenvalue weighted by molar-refractivity contribution is 5.95. The van der Waals surface area contributed by atoms with Crippen molar-refractivity contribution in [1.29, 1.82) is 0 Å². The molecule has 1 aromatic rings. The first-order chi connectivity index (χ1) is 10.1. The Morgan fingerprint density at radius 3 is 2.48 bits per heavy atom. The molecule has 1 aliphatic heterocycles. The van der Waals surface area contributed by atoms with Crippen molar-refractivity contribution in [3.05, 3.63) is 29.8 Å². The van der Waals surface area contributed by atoms with Crippen LogP contribution < -0.4 is 5.32 Å². The molecule has 1 aromatic carbocycles. The van der Waals surface area contributed by atoms with E-state index in [0.29, 0.717) is 31.1 Å². The largest absolute Gasteiger partial charge is 0.461 e. The molecule has 0 unspecified atom stereocenters. The lowest BCUT2D eigenvalue weighted by Crippen LogP contribution is -2.44. The number of nitrogens with one attached hydrogen (secondary N) is 1. The molecule has 1 amide bonds. The topological polar surface area (TPSA) is 64.6 Å². The van der Waals surface area contributed by atoms with Crippen molar-refractivity contribution >= 4 is 17.6 Å². The maximum Gasteiger partial charge on any atom is 0.338 e. The SMILES string of the molecule is CC1(COC(=O)c2ccc(NC(=O)C3CC3)cc2)COC1. The first kappa shape index (κ1) is 14.1. The second kappa shape index (κ2) is 5.48. The Hall–Kier alpha value is -1.88. The van der Waals surface area contributed by atoms with Crippen LogP contribution in [0.25, 0.3) is 0 Å². The number of carbonyl (C=O) groups is 2. The summed E-state index contributed by atoms with van der Waals surface area (Å²) in [5.74, 6) is -0.119. The summed E-state index contributed by atoms with van der Waals surface area (Å²) in [6, 6.07) is 6.80. The molecule has 5 nitrogen and oxygen atoms in total. The van der Waals surface area contributed by atoms with E-state index in [4.69, 9.17) is 9.47 Å². The van der Waals surface area contributed by atoms with Gasteiger partial charge in [-0.3, -0.25) is 4.79 Å². The fraction of sp³-hybridized carbons (Fsp3) is 0.500. The lowest BCUT2D eigenvalue weighted by molar-refractivity contribution is -0.127. The summed E-state index contributed by atoms with van der Waals surface area (Å²) in [5.41, 5.74) is 1.15. The van der Waals surface area contributed by atoms with Crippen LogP contribution in [-0.4, -0.2) is 31.7 Å². The maximum absolute atomic E-state index is 11.9. The number of anilines is 1. The van der Waals surface area contributed by atoms with Gasteiger partial charge in [-0.25, -0.2) is 4.79 Å². The molecule has 0 bridgehead atoms. The Morgan fingerprint density at radius 1 is 1.29 bits per heavy atom. The van der Waals surface area contributed by atoms with Gasteiger partial charge in [0.1, 0.15) is 6.61 Å². The van der Waals surface area contributed by atoms with E-state index in [2.05, 4.69) is 5.32 Å². The number of amides is 1. The molecule has 0 spiro atoms. The van der Waals surface area contributed by atoms with Crippen molar-refractivity contribution in [2.45, 2.75) is 19.8 Å². The first-order valence-corrected chi connectivity index (χ1v) is 7.22.